The highest BCUT2D eigenvalue weighted by molar-refractivity contribution is 5.19. The molecule has 1 aliphatic heterocycles. The molecule has 0 saturated carbocycles. The normalized spacial score (nSPS) is 26.5. The Bertz CT molecular complexity index is 321. The minimum atomic E-state index is -0.382. The smallest absolute Gasteiger partial charge is 0.0943 e. The van der Waals surface area contributed by atoms with Crippen LogP contribution in [0, 0.1) is 0 Å². The van der Waals surface area contributed by atoms with E-state index in [-0.39, 0.29) is 17.7 Å². The number of rotatable bonds is 2. The van der Waals surface area contributed by atoms with Gasteiger partial charge in [0.2, 0.25) is 0 Å². The Hall–Kier alpha value is -0.860. The molecule has 0 spiro atoms. The third-order valence-electron chi connectivity index (χ3n) is 3.18. The monoisotopic (exact) mass is 205 g/mol. The lowest BCUT2D eigenvalue weighted by atomic mass is 10.0. The van der Waals surface area contributed by atoms with Crippen LogP contribution >= 0.6 is 0 Å². The molecule has 0 aliphatic carbocycles. The van der Waals surface area contributed by atoms with Gasteiger partial charge in [-0.05, 0) is 32.3 Å². The van der Waals surface area contributed by atoms with Gasteiger partial charge in [0.05, 0.1) is 6.10 Å². The molecule has 1 aromatic rings. The fourth-order valence-electron chi connectivity index (χ4n) is 2.28. The largest absolute Gasteiger partial charge is 0.387 e. The van der Waals surface area contributed by atoms with Crippen LogP contribution in [0.25, 0.3) is 0 Å². The zero-order chi connectivity index (χ0) is 10.9. The first-order valence-electron chi connectivity index (χ1n) is 5.59. The summed E-state index contributed by atoms with van der Waals surface area (Å²) in [5, 5.41) is 13.7. The van der Waals surface area contributed by atoms with Crippen molar-refractivity contribution < 1.29 is 5.11 Å². The van der Waals surface area contributed by atoms with Crippen molar-refractivity contribution in [3.8, 4) is 0 Å². The molecule has 1 heterocycles. The van der Waals surface area contributed by atoms with Gasteiger partial charge in [0.1, 0.15) is 0 Å². The SMILES string of the molecule is CC1(C)CC[C@H]([C@H](O)c2ccccc2)N1. The van der Waals surface area contributed by atoms with Crippen LogP contribution in [0.15, 0.2) is 30.3 Å². The molecular weight excluding hydrogens is 186 g/mol. The van der Waals surface area contributed by atoms with Crippen molar-refractivity contribution in [2.24, 2.45) is 0 Å². The van der Waals surface area contributed by atoms with Gasteiger partial charge >= 0.3 is 0 Å². The highest BCUT2D eigenvalue weighted by Crippen LogP contribution is 2.29. The third-order valence-corrected chi connectivity index (χ3v) is 3.18. The Morgan fingerprint density at radius 2 is 2.00 bits per heavy atom. The van der Waals surface area contributed by atoms with E-state index in [0.29, 0.717) is 0 Å². The van der Waals surface area contributed by atoms with E-state index in [0.717, 1.165) is 18.4 Å². The summed E-state index contributed by atoms with van der Waals surface area (Å²) >= 11 is 0. The van der Waals surface area contributed by atoms with Crippen molar-refractivity contribution >= 4 is 0 Å². The maximum absolute atomic E-state index is 10.2. The second-order valence-corrected chi connectivity index (χ2v) is 5.03. The van der Waals surface area contributed by atoms with E-state index in [1.165, 1.54) is 0 Å². The average Bonchev–Trinajstić information content (AvgIpc) is 2.59. The van der Waals surface area contributed by atoms with Crippen LogP contribution in [0.4, 0.5) is 0 Å². The van der Waals surface area contributed by atoms with E-state index in [9.17, 15) is 5.11 Å². The second kappa shape index (κ2) is 3.95. The van der Waals surface area contributed by atoms with Gasteiger partial charge in [0.15, 0.2) is 0 Å². The zero-order valence-corrected chi connectivity index (χ0v) is 9.40. The van der Waals surface area contributed by atoms with Gasteiger partial charge in [-0.1, -0.05) is 30.3 Å². The number of hydrogen-bond acceptors (Lipinski definition) is 2. The third kappa shape index (κ3) is 2.39. The number of aliphatic hydroxyl groups is 1. The van der Waals surface area contributed by atoms with Crippen molar-refractivity contribution in [3.05, 3.63) is 35.9 Å². The summed E-state index contributed by atoms with van der Waals surface area (Å²) in [6, 6.07) is 10.1. The lowest BCUT2D eigenvalue weighted by molar-refractivity contribution is 0.131. The van der Waals surface area contributed by atoms with Crippen LogP contribution in [0.3, 0.4) is 0 Å². The molecule has 1 aliphatic rings. The molecule has 2 N–H and O–H groups in total. The predicted octanol–water partition coefficient (Wildman–Crippen LogP) is 2.25. The molecular formula is C13H19NO. The second-order valence-electron chi connectivity index (χ2n) is 5.03. The molecule has 2 atom stereocenters. The quantitative estimate of drug-likeness (QED) is 0.776. The van der Waals surface area contributed by atoms with E-state index in [1.54, 1.807) is 0 Å². The first-order valence-corrected chi connectivity index (χ1v) is 5.59. The summed E-state index contributed by atoms with van der Waals surface area (Å²) < 4.78 is 0. The molecule has 2 rings (SSSR count). The Morgan fingerprint density at radius 1 is 1.33 bits per heavy atom. The van der Waals surface area contributed by atoms with Crippen LogP contribution in [-0.4, -0.2) is 16.7 Å². The fourth-order valence-corrected chi connectivity index (χ4v) is 2.28. The highest BCUT2D eigenvalue weighted by Gasteiger charge is 2.34. The van der Waals surface area contributed by atoms with Gasteiger partial charge in [-0.25, -0.2) is 0 Å². The molecule has 2 heteroatoms. The van der Waals surface area contributed by atoms with Crippen LogP contribution < -0.4 is 5.32 Å². The fraction of sp³-hybridized carbons (Fsp3) is 0.538. The van der Waals surface area contributed by atoms with Crippen molar-refractivity contribution in [2.45, 2.75) is 44.4 Å². The average molecular weight is 205 g/mol. The molecule has 15 heavy (non-hydrogen) atoms. The Labute approximate surface area is 91.3 Å². The van der Waals surface area contributed by atoms with E-state index in [2.05, 4.69) is 19.2 Å². The lowest BCUT2D eigenvalue weighted by Gasteiger charge is -2.23. The summed E-state index contributed by atoms with van der Waals surface area (Å²) in [5.41, 5.74) is 1.17. The number of aliphatic hydroxyl groups excluding tert-OH is 1. The molecule has 1 saturated heterocycles. The standard InChI is InChI=1S/C13H19NO/c1-13(2)9-8-11(14-13)12(15)10-6-4-3-5-7-10/h3-7,11-12,14-15H,8-9H2,1-2H3/t11-,12-/m1/s1. The van der Waals surface area contributed by atoms with Gasteiger partial charge in [-0.3, -0.25) is 0 Å². The van der Waals surface area contributed by atoms with Gasteiger partial charge in [-0.2, -0.15) is 0 Å². The minimum absolute atomic E-state index is 0.167. The maximum Gasteiger partial charge on any atom is 0.0943 e. The minimum Gasteiger partial charge on any atom is -0.387 e. The van der Waals surface area contributed by atoms with Crippen molar-refractivity contribution in [1.29, 1.82) is 0 Å². The Balaban J connectivity index is 2.07. The summed E-state index contributed by atoms with van der Waals surface area (Å²) in [6.45, 7) is 4.37. The zero-order valence-electron chi connectivity index (χ0n) is 9.40. The van der Waals surface area contributed by atoms with E-state index in [4.69, 9.17) is 0 Å². The summed E-state index contributed by atoms with van der Waals surface area (Å²) in [5.74, 6) is 0. The van der Waals surface area contributed by atoms with E-state index >= 15 is 0 Å². The Morgan fingerprint density at radius 3 is 2.53 bits per heavy atom. The van der Waals surface area contributed by atoms with E-state index < -0.39 is 0 Å². The van der Waals surface area contributed by atoms with Crippen LogP contribution in [0.1, 0.15) is 38.4 Å². The Kier molecular flexibility index (Phi) is 2.81. The lowest BCUT2D eigenvalue weighted by Crippen LogP contribution is -2.40. The topological polar surface area (TPSA) is 32.3 Å². The predicted molar refractivity (Wildman–Crippen MR) is 61.6 cm³/mol. The highest BCUT2D eigenvalue weighted by atomic mass is 16.3. The van der Waals surface area contributed by atoms with Crippen molar-refractivity contribution in [1.82, 2.24) is 5.32 Å². The molecule has 82 valence electrons. The van der Waals surface area contributed by atoms with Crippen molar-refractivity contribution in [2.75, 3.05) is 0 Å². The molecule has 2 nitrogen and oxygen atoms in total. The van der Waals surface area contributed by atoms with Crippen LogP contribution in [0.2, 0.25) is 0 Å². The summed E-state index contributed by atoms with van der Waals surface area (Å²) in [7, 11) is 0. The van der Waals surface area contributed by atoms with Gasteiger partial charge in [-0.15, -0.1) is 0 Å². The van der Waals surface area contributed by atoms with E-state index in [1.807, 2.05) is 30.3 Å². The molecule has 1 fully saturated rings. The molecule has 1 aromatic carbocycles. The van der Waals surface area contributed by atoms with Gasteiger partial charge in [0.25, 0.3) is 0 Å². The molecule has 0 bridgehead atoms. The number of benzene rings is 1. The summed E-state index contributed by atoms with van der Waals surface area (Å²) in [6.07, 6.45) is 1.79. The maximum atomic E-state index is 10.2. The first kappa shape index (κ1) is 10.7. The summed E-state index contributed by atoms with van der Waals surface area (Å²) in [4.78, 5) is 0. The number of hydrogen-bond donors (Lipinski definition) is 2. The van der Waals surface area contributed by atoms with Crippen molar-refractivity contribution in [3.63, 3.8) is 0 Å². The van der Waals surface area contributed by atoms with Gasteiger partial charge in [0, 0.05) is 11.6 Å². The first-order chi connectivity index (χ1) is 7.08. The molecule has 0 radical (unpaired) electrons. The molecule has 0 amide bonds. The van der Waals surface area contributed by atoms with Gasteiger partial charge < -0.3 is 10.4 Å². The van der Waals surface area contributed by atoms with Crippen LogP contribution in [0.5, 0.6) is 0 Å². The molecule has 0 unspecified atom stereocenters. The van der Waals surface area contributed by atoms with Crippen LogP contribution in [-0.2, 0) is 0 Å². The number of nitrogens with one attached hydrogen (secondary N) is 1. The molecule has 0 aromatic heterocycles.